The van der Waals surface area contributed by atoms with Crippen molar-refractivity contribution in [3.8, 4) is 0 Å². The van der Waals surface area contributed by atoms with Gasteiger partial charge >= 0.3 is 0 Å². The number of hydrogen-bond acceptors (Lipinski definition) is 4. The second kappa shape index (κ2) is 2.17. The van der Waals surface area contributed by atoms with Crippen molar-refractivity contribution < 1.29 is 14.2 Å². The average molecular weight is 145 g/mol. The third-order valence-corrected chi connectivity index (χ3v) is 1.94. The maximum absolute atomic E-state index is 5.70. The van der Waals surface area contributed by atoms with Gasteiger partial charge in [0.25, 0.3) is 0 Å². The lowest BCUT2D eigenvalue weighted by atomic mass is 10.2. The van der Waals surface area contributed by atoms with E-state index in [-0.39, 0.29) is 6.04 Å². The van der Waals surface area contributed by atoms with E-state index in [9.17, 15) is 0 Å². The molecule has 2 aliphatic heterocycles. The number of nitrogens with two attached hydrogens (primary N) is 1. The Kier molecular flexibility index (Phi) is 1.42. The third-order valence-electron chi connectivity index (χ3n) is 1.94. The third kappa shape index (κ3) is 0.769. The second-order valence-electron chi connectivity index (χ2n) is 2.63. The first kappa shape index (κ1) is 6.54. The van der Waals surface area contributed by atoms with Gasteiger partial charge in [0.15, 0.2) is 0 Å². The first-order chi connectivity index (χ1) is 4.83. The van der Waals surface area contributed by atoms with Crippen LogP contribution in [0.5, 0.6) is 0 Å². The van der Waals surface area contributed by atoms with Crippen LogP contribution in [0.25, 0.3) is 0 Å². The lowest BCUT2D eigenvalue weighted by molar-refractivity contribution is -0.161. The Morgan fingerprint density at radius 3 is 2.50 bits per heavy atom. The molecule has 2 heterocycles. The fourth-order valence-electron chi connectivity index (χ4n) is 1.33. The van der Waals surface area contributed by atoms with Crippen LogP contribution in [0.1, 0.15) is 0 Å². The lowest BCUT2D eigenvalue weighted by Gasteiger charge is -2.23. The van der Waals surface area contributed by atoms with Gasteiger partial charge in [-0.1, -0.05) is 0 Å². The normalized spacial score (nSPS) is 37.5. The van der Waals surface area contributed by atoms with E-state index in [1.807, 2.05) is 0 Å². The maximum Gasteiger partial charge on any atom is 0.209 e. The molecule has 2 N–H and O–H groups in total. The van der Waals surface area contributed by atoms with Gasteiger partial charge in [-0.2, -0.15) is 0 Å². The predicted molar refractivity (Wildman–Crippen MR) is 33.4 cm³/mol. The molecule has 58 valence electrons. The number of ether oxygens (including phenoxy) is 3. The van der Waals surface area contributed by atoms with Crippen LogP contribution in [0.15, 0.2) is 0 Å². The molecule has 0 saturated carbocycles. The van der Waals surface area contributed by atoms with Gasteiger partial charge in [0.1, 0.15) is 6.61 Å². The van der Waals surface area contributed by atoms with Crippen LogP contribution < -0.4 is 5.73 Å². The van der Waals surface area contributed by atoms with Crippen molar-refractivity contribution in [3.05, 3.63) is 0 Å². The van der Waals surface area contributed by atoms with E-state index in [0.29, 0.717) is 26.4 Å². The van der Waals surface area contributed by atoms with Gasteiger partial charge in [-0.25, -0.2) is 0 Å². The van der Waals surface area contributed by atoms with Gasteiger partial charge < -0.3 is 19.9 Å². The van der Waals surface area contributed by atoms with Gasteiger partial charge in [-0.15, -0.1) is 0 Å². The summed E-state index contributed by atoms with van der Waals surface area (Å²) in [6, 6.07) is -0.116. The Balaban J connectivity index is 2.11. The topological polar surface area (TPSA) is 53.7 Å². The van der Waals surface area contributed by atoms with E-state index in [1.54, 1.807) is 0 Å². The number of rotatable bonds is 0. The Morgan fingerprint density at radius 1 is 1.30 bits per heavy atom. The van der Waals surface area contributed by atoms with Gasteiger partial charge in [0, 0.05) is 0 Å². The van der Waals surface area contributed by atoms with Crippen molar-refractivity contribution in [1.29, 1.82) is 0 Å². The molecule has 0 aromatic carbocycles. The highest BCUT2D eigenvalue weighted by Crippen LogP contribution is 2.27. The molecule has 4 heteroatoms. The van der Waals surface area contributed by atoms with E-state index < -0.39 is 5.79 Å². The molecule has 2 fully saturated rings. The molecule has 4 nitrogen and oxygen atoms in total. The van der Waals surface area contributed by atoms with Crippen LogP contribution in [-0.2, 0) is 14.2 Å². The molecular weight excluding hydrogens is 134 g/mol. The molecule has 0 aliphatic carbocycles. The zero-order valence-electron chi connectivity index (χ0n) is 5.71. The van der Waals surface area contributed by atoms with Crippen molar-refractivity contribution in [1.82, 2.24) is 0 Å². The summed E-state index contributed by atoms with van der Waals surface area (Å²) in [5, 5.41) is 0. The SMILES string of the molecule is NC1COCC12OCCO2. The van der Waals surface area contributed by atoms with Gasteiger partial charge in [0.05, 0.1) is 25.9 Å². The average Bonchev–Trinajstić information content (AvgIpc) is 2.48. The lowest BCUT2D eigenvalue weighted by Crippen LogP contribution is -2.47. The summed E-state index contributed by atoms with van der Waals surface area (Å²) in [6.45, 7) is 2.29. The van der Waals surface area contributed by atoms with E-state index in [0.717, 1.165) is 0 Å². The Hall–Kier alpha value is -0.160. The minimum Gasteiger partial charge on any atom is -0.374 e. The van der Waals surface area contributed by atoms with Gasteiger partial charge in [0.2, 0.25) is 5.79 Å². The van der Waals surface area contributed by atoms with Crippen LogP contribution in [0.4, 0.5) is 0 Å². The van der Waals surface area contributed by atoms with Crippen molar-refractivity contribution in [2.45, 2.75) is 11.8 Å². The molecular formula is C6H11NO3. The van der Waals surface area contributed by atoms with E-state index in [2.05, 4.69) is 0 Å². The Labute approximate surface area is 59.2 Å². The van der Waals surface area contributed by atoms with Crippen molar-refractivity contribution in [2.24, 2.45) is 5.73 Å². The molecule has 0 aromatic rings. The summed E-state index contributed by atoms with van der Waals surface area (Å²) in [5.41, 5.74) is 5.70. The standard InChI is InChI=1S/C6H11NO3/c7-5-3-8-4-6(5)9-1-2-10-6/h5H,1-4,7H2. The molecule has 2 aliphatic rings. The Morgan fingerprint density at radius 2 is 2.00 bits per heavy atom. The summed E-state index contributed by atoms with van der Waals surface area (Å²) < 4.78 is 15.8. The molecule has 0 radical (unpaired) electrons. The van der Waals surface area contributed by atoms with E-state index in [4.69, 9.17) is 19.9 Å². The maximum atomic E-state index is 5.70. The number of hydrogen-bond donors (Lipinski definition) is 1. The summed E-state index contributed by atoms with van der Waals surface area (Å²) in [4.78, 5) is 0. The summed E-state index contributed by atoms with van der Waals surface area (Å²) in [6.07, 6.45) is 0. The highest BCUT2D eigenvalue weighted by molar-refractivity contribution is 4.90. The highest BCUT2D eigenvalue weighted by atomic mass is 16.8. The van der Waals surface area contributed by atoms with E-state index in [1.165, 1.54) is 0 Å². The fraction of sp³-hybridized carbons (Fsp3) is 1.00. The summed E-state index contributed by atoms with van der Waals surface area (Å²) in [5.74, 6) is -0.597. The molecule has 1 unspecified atom stereocenters. The van der Waals surface area contributed by atoms with Crippen molar-refractivity contribution in [3.63, 3.8) is 0 Å². The predicted octanol–water partition coefficient (Wildman–Crippen LogP) is -0.913. The molecule has 1 spiro atoms. The minimum atomic E-state index is -0.597. The van der Waals surface area contributed by atoms with Crippen molar-refractivity contribution in [2.75, 3.05) is 26.4 Å². The van der Waals surface area contributed by atoms with Gasteiger partial charge in [-0.05, 0) is 0 Å². The van der Waals surface area contributed by atoms with Crippen LogP contribution >= 0.6 is 0 Å². The summed E-state index contributed by atoms with van der Waals surface area (Å²) in [7, 11) is 0. The molecule has 10 heavy (non-hydrogen) atoms. The zero-order chi connectivity index (χ0) is 7.03. The first-order valence-electron chi connectivity index (χ1n) is 3.45. The fourth-order valence-corrected chi connectivity index (χ4v) is 1.33. The monoisotopic (exact) mass is 145 g/mol. The van der Waals surface area contributed by atoms with Crippen LogP contribution in [-0.4, -0.2) is 38.3 Å². The summed E-state index contributed by atoms with van der Waals surface area (Å²) >= 11 is 0. The second-order valence-corrected chi connectivity index (χ2v) is 2.63. The highest BCUT2D eigenvalue weighted by Gasteiger charge is 2.47. The zero-order valence-corrected chi connectivity index (χ0v) is 5.71. The van der Waals surface area contributed by atoms with Crippen molar-refractivity contribution >= 4 is 0 Å². The van der Waals surface area contributed by atoms with Gasteiger partial charge in [-0.3, -0.25) is 0 Å². The largest absolute Gasteiger partial charge is 0.374 e. The van der Waals surface area contributed by atoms with Crippen LogP contribution in [0.2, 0.25) is 0 Å². The molecule has 0 amide bonds. The first-order valence-corrected chi connectivity index (χ1v) is 3.45. The minimum absolute atomic E-state index is 0.116. The smallest absolute Gasteiger partial charge is 0.209 e. The van der Waals surface area contributed by atoms with Crippen LogP contribution in [0.3, 0.4) is 0 Å². The van der Waals surface area contributed by atoms with Crippen LogP contribution in [0, 0.1) is 0 Å². The molecule has 2 saturated heterocycles. The quantitative estimate of drug-likeness (QED) is 0.479. The molecule has 2 rings (SSSR count). The molecule has 1 atom stereocenters. The molecule has 0 bridgehead atoms. The van der Waals surface area contributed by atoms with E-state index >= 15 is 0 Å². The Bertz CT molecular complexity index is 127. The molecule has 0 aromatic heterocycles.